The number of aromatic amines is 1. The molecule has 8 nitrogen and oxygen atoms in total. The quantitative estimate of drug-likeness (QED) is 0.355. The molecule has 0 saturated carbocycles. The zero-order chi connectivity index (χ0) is 24.7. The van der Waals surface area contributed by atoms with Gasteiger partial charge in [-0.25, -0.2) is 4.79 Å². The molecule has 8 heteroatoms. The second-order valence-electron chi connectivity index (χ2n) is 9.63. The van der Waals surface area contributed by atoms with E-state index in [4.69, 9.17) is 4.74 Å². The van der Waals surface area contributed by atoms with Gasteiger partial charge in [-0.1, -0.05) is 18.7 Å². The third-order valence-corrected chi connectivity index (χ3v) is 7.19. The van der Waals surface area contributed by atoms with Crippen molar-refractivity contribution in [3.05, 3.63) is 71.6 Å². The zero-order valence-electron chi connectivity index (χ0n) is 20.0. The summed E-state index contributed by atoms with van der Waals surface area (Å²) in [5.41, 5.74) is 4.34. The van der Waals surface area contributed by atoms with Crippen molar-refractivity contribution in [3.63, 3.8) is 0 Å². The monoisotopic (exact) mass is 474 g/mol. The summed E-state index contributed by atoms with van der Waals surface area (Å²) in [5.74, 6) is 0.965. The van der Waals surface area contributed by atoms with Crippen LogP contribution in [0.3, 0.4) is 0 Å². The van der Waals surface area contributed by atoms with Crippen LogP contribution in [0.4, 0.5) is 4.79 Å². The molecule has 3 aromatic rings. The lowest BCUT2D eigenvalue weighted by molar-refractivity contribution is -0.120. The Labute approximate surface area is 204 Å². The smallest absolute Gasteiger partial charge is 0.322 e. The molecule has 1 saturated heterocycles. The molecule has 1 unspecified atom stereocenters. The number of aromatic hydroxyl groups is 1. The summed E-state index contributed by atoms with van der Waals surface area (Å²) in [7, 11) is 0. The van der Waals surface area contributed by atoms with Crippen molar-refractivity contribution in [1.82, 2.24) is 20.1 Å². The minimum atomic E-state index is -0.413. The van der Waals surface area contributed by atoms with E-state index in [0.29, 0.717) is 31.8 Å². The Hall–Kier alpha value is -3.94. The van der Waals surface area contributed by atoms with Gasteiger partial charge in [-0.15, -0.1) is 0 Å². The van der Waals surface area contributed by atoms with Crippen molar-refractivity contribution in [1.29, 1.82) is 0 Å². The van der Waals surface area contributed by atoms with Gasteiger partial charge in [-0.3, -0.25) is 4.79 Å². The van der Waals surface area contributed by atoms with E-state index < -0.39 is 5.54 Å². The molecule has 2 aromatic carbocycles. The fourth-order valence-corrected chi connectivity index (χ4v) is 5.07. The average Bonchev–Trinajstić information content (AvgIpc) is 3.29. The van der Waals surface area contributed by atoms with Gasteiger partial charge in [0.2, 0.25) is 6.41 Å². The van der Waals surface area contributed by atoms with Crippen molar-refractivity contribution in [2.75, 3.05) is 19.7 Å². The molecular formula is C27H30N4O4. The van der Waals surface area contributed by atoms with Gasteiger partial charge in [0.1, 0.15) is 11.5 Å². The minimum Gasteiger partial charge on any atom is -0.508 e. The topological polar surface area (TPSA) is 97.9 Å². The Bertz CT molecular complexity index is 1290. The molecule has 2 aliphatic rings. The van der Waals surface area contributed by atoms with E-state index in [1.54, 1.807) is 21.9 Å². The summed E-state index contributed by atoms with van der Waals surface area (Å²) in [6.45, 7) is 9.53. The van der Waals surface area contributed by atoms with Crippen LogP contribution in [-0.2, 0) is 11.2 Å². The molecule has 0 radical (unpaired) electrons. The molecule has 3 N–H and O–H groups in total. The van der Waals surface area contributed by atoms with Gasteiger partial charge in [0.05, 0.1) is 18.2 Å². The second-order valence-corrected chi connectivity index (χ2v) is 9.63. The number of ether oxygens (including phenoxy) is 1. The number of nitrogens with zero attached hydrogens (tertiary/aromatic N) is 2. The summed E-state index contributed by atoms with van der Waals surface area (Å²) in [4.78, 5) is 31.0. The zero-order valence-corrected chi connectivity index (χ0v) is 20.0. The average molecular weight is 475 g/mol. The van der Waals surface area contributed by atoms with E-state index in [1.165, 1.54) is 0 Å². The SMILES string of the molecule is C=C1NC(=O)N(CCCOc2ccc(C3c4[nH]c5ccc(O)cc5c4CCN3C=O)cc2)C1(C)C. The fourth-order valence-electron chi connectivity index (χ4n) is 5.07. The number of aromatic nitrogens is 1. The van der Waals surface area contributed by atoms with Gasteiger partial charge < -0.3 is 29.9 Å². The fraction of sp³-hybridized carbons (Fsp3) is 0.333. The molecule has 0 aliphatic carbocycles. The lowest BCUT2D eigenvalue weighted by atomic mass is 9.93. The van der Waals surface area contributed by atoms with Gasteiger partial charge in [0.15, 0.2) is 0 Å². The number of nitrogens with one attached hydrogen (secondary N) is 2. The van der Waals surface area contributed by atoms with Crippen molar-refractivity contribution in [2.45, 2.75) is 38.3 Å². The van der Waals surface area contributed by atoms with E-state index in [0.717, 1.165) is 46.3 Å². The summed E-state index contributed by atoms with van der Waals surface area (Å²) in [6, 6.07) is 12.7. The van der Waals surface area contributed by atoms with Crippen molar-refractivity contribution in [3.8, 4) is 11.5 Å². The highest BCUT2D eigenvalue weighted by Gasteiger charge is 2.40. The maximum atomic E-state index is 12.1. The number of phenols is 1. The number of carbonyl (C=O) groups is 2. The van der Waals surface area contributed by atoms with E-state index in [-0.39, 0.29) is 17.8 Å². The van der Waals surface area contributed by atoms with E-state index in [9.17, 15) is 14.7 Å². The summed E-state index contributed by atoms with van der Waals surface area (Å²) >= 11 is 0. The Morgan fingerprint density at radius 3 is 2.69 bits per heavy atom. The molecular weight excluding hydrogens is 444 g/mol. The van der Waals surface area contributed by atoms with Crippen LogP contribution in [0.25, 0.3) is 10.9 Å². The number of benzene rings is 2. The summed E-state index contributed by atoms with van der Waals surface area (Å²) in [5, 5.41) is 13.7. The van der Waals surface area contributed by atoms with E-state index in [2.05, 4.69) is 16.9 Å². The molecule has 35 heavy (non-hydrogen) atoms. The summed E-state index contributed by atoms with van der Waals surface area (Å²) < 4.78 is 5.92. The normalized spacial score (nSPS) is 19.1. The number of amides is 3. The Balaban J connectivity index is 1.28. The summed E-state index contributed by atoms with van der Waals surface area (Å²) in [6.07, 6.45) is 2.32. The highest BCUT2D eigenvalue weighted by atomic mass is 16.5. The second kappa shape index (κ2) is 8.69. The van der Waals surface area contributed by atoms with Crippen LogP contribution in [0.15, 0.2) is 54.7 Å². The van der Waals surface area contributed by atoms with Crippen molar-refractivity contribution >= 4 is 23.3 Å². The van der Waals surface area contributed by atoms with Crippen LogP contribution in [0, 0.1) is 0 Å². The molecule has 0 spiro atoms. The molecule has 0 bridgehead atoms. The largest absolute Gasteiger partial charge is 0.508 e. The molecule has 3 amide bonds. The Morgan fingerprint density at radius 1 is 1.23 bits per heavy atom. The first-order valence-electron chi connectivity index (χ1n) is 11.8. The van der Waals surface area contributed by atoms with E-state index in [1.807, 2.05) is 44.2 Å². The van der Waals surface area contributed by atoms with Crippen LogP contribution in [0.1, 0.15) is 43.1 Å². The highest BCUT2D eigenvalue weighted by Crippen LogP contribution is 2.39. The first-order valence-corrected chi connectivity index (χ1v) is 11.8. The predicted octanol–water partition coefficient (Wildman–Crippen LogP) is 4.06. The first kappa shape index (κ1) is 22.8. The Kier molecular flexibility index (Phi) is 5.67. The first-order chi connectivity index (χ1) is 16.8. The molecule has 1 fully saturated rings. The number of rotatable bonds is 7. The van der Waals surface area contributed by atoms with E-state index >= 15 is 0 Å². The van der Waals surface area contributed by atoms with Crippen LogP contribution in [0.2, 0.25) is 0 Å². The van der Waals surface area contributed by atoms with Crippen molar-refractivity contribution in [2.24, 2.45) is 0 Å². The maximum Gasteiger partial charge on any atom is 0.322 e. The molecule has 1 atom stereocenters. The predicted molar refractivity (Wildman–Crippen MR) is 133 cm³/mol. The number of urea groups is 1. The van der Waals surface area contributed by atoms with Gasteiger partial charge in [-0.2, -0.15) is 0 Å². The van der Waals surface area contributed by atoms with Crippen molar-refractivity contribution < 1.29 is 19.4 Å². The van der Waals surface area contributed by atoms with Crippen LogP contribution >= 0.6 is 0 Å². The third-order valence-electron chi connectivity index (χ3n) is 7.19. The van der Waals surface area contributed by atoms with Gasteiger partial charge in [0, 0.05) is 35.4 Å². The number of carbonyl (C=O) groups excluding carboxylic acids is 2. The van der Waals surface area contributed by atoms with Gasteiger partial charge in [0.25, 0.3) is 0 Å². The number of H-pyrrole nitrogens is 1. The van der Waals surface area contributed by atoms with Crippen LogP contribution in [0.5, 0.6) is 11.5 Å². The molecule has 1 aromatic heterocycles. The van der Waals surface area contributed by atoms with Crippen LogP contribution in [-0.4, -0.2) is 57.6 Å². The number of phenolic OH excluding ortho intramolecular Hbond substituents is 1. The molecule has 5 rings (SSSR count). The lowest BCUT2D eigenvalue weighted by Crippen LogP contribution is -2.42. The van der Waals surface area contributed by atoms with Gasteiger partial charge >= 0.3 is 6.03 Å². The highest BCUT2D eigenvalue weighted by molar-refractivity contribution is 5.87. The maximum absolute atomic E-state index is 12.1. The standard InChI is InChI=1S/C27H30N4O4/c1-17-27(2,3)31(26(34)28-17)12-4-14-35-20-8-5-18(6-9-20)25-24-21(11-13-30(25)16-32)22-15-19(33)7-10-23(22)29-24/h5-10,15-16,25,29,33H,1,4,11-14H2,2-3H3,(H,28,34). The molecule has 3 heterocycles. The minimum absolute atomic E-state index is 0.122. The molecule has 2 aliphatic heterocycles. The molecule has 182 valence electrons. The number of hydrogen-bond donors (Lipinski definition) is 3. The van der Waals surface area contributed by atoms with Gasteiger partial charge in [-0.05, 0) is 68.1 Å². The lowest BCUT2D eigenvalue weighted by Gasteiger charge is -2.33. The number of fused-ring (bicyclic) bond motifs is 3. The Morgan fingerprint density at radius 2 is 2.00 bits per heavy atom. The number of hydrogen-bond acceptors (Lipinski definition) is 4. The van der Waals surface area contributed by atoms with Crippen LogP contribution < -0.4 is 10.1 Å². The third kappa shape index (κ3) is 3.99.